The summed E-state index contributed by atoms with van der Waals surface area (Å²) in [6, 6.07) is 16.2. The van der Waals surface area contributed by atoms with Gasteiger partial charge in [0.25, 0.3) is 0 Å². The number of hydrogen-bond acceptors (Lipinski definition) is 3. The third-order valence-corrected chi connectivity index (χ3v) is 3.28. The summed E-state index contributed by atoms with van der Waals surface area (Å²) < 4.78 is 4.55. The smallest absolute Gasteiger partial charge is 0.411 e. The number of carbonyl (C=O) groups is 1. The molecule has 0 aliphatic carbocycles. The summed E-state index contributed by atoms with van der Waals surface area (Å²) >= 11 is 0. The maximum Gasteiger partial charge on any atom is 0.411 e. The number of methoxy groups -OCH3 is 1. The SMILES string of the molecule is COC(=O)Nc1ccc(NC(C)c2ccc(C)cc2)cc1. The van der Waals surface area contributed by atoms with Crippen molar-refractivity contribution in [2.75, 3.05) is 17.7 Å². The molecule has 0 radical (unpaired) electrons. The van der Waals surface area contributed by atoms with Gasteiger partial charge in [0.05, 0.1) is 7.11 Å². The Labute approximate surface area is 125 Å². The summed E-state index contributed by atoms with van der Waals surface area (Å²) in [6.45, 7) is 4.19. The summed E-state index contributed by atoms with van der Waals surface area (Å²) in [5.41, 5.74) is 4.19. The topological polar surface area (TPSA) is 50.4 Å². The number of hydrogen-bond donors (Lipinski definition) is 2. The average Bonchev–Trinajstić information content (AvgIpc) is 2.49. The van der Waals surface area contributed by atoms with E-state index in [4.69, 9.17) is 0 Å². The zero-order chi connectivity index (χ0) is 15.2. The minimum atomic E-state index is -0.469. The summed E-state index contributed by atoms with van der Waals surface area (Å²) in [4.78, 5) is 11.1. The number of ether oxygens (including phenoxy) is 1. The first-order valence-electron chi connectivity index (χ1n) is 6.86. The number of carbonyl (C=O) groups excluding carboxylic acids is 1. The average molecular weight is 284 g/mol. The van der Waals surface area contributed by atoms with Gasteiger partial charge in [-0.05, 0) is 43.7 Å². The molecule has 0 fully saturated rings. The van der Waals surface area contributed by atoms with Crippen LogP contribution in [0.4, 0.5) is 16.2 Å². The van der Waals surface area contributed by atoms with Gasteiger partial charge in [0, 0.05) is 17.4 Å². The Morgan fingerprint density at radius 2 is 1.57 bits per heavy atom. The highest BCUT2D eigenvalue weighted by atomic mass is 16.5. The van der Waals surface area contributed by atoms with Crippen LogP contribution in [0.3, 0.4) is 0 Å². The Hall–Kier alpha value is -2.49. The van der Waals surface area contributed by atoms with Gasteiger partial charge in [-0.3, -0.25) is 5.32 Å². The minimum absolute atomic E-state index is 0.213. The second kappa shape index (κ2) is 6.79. The number of anilines is 2. The van der Waals surface area contributed by atoms with Crippen LogP contribution >= 0.6 is 0 Å². The summed E-state index contributed by atoms with van der Waals surface area (Å²) in [6.07, 6.45) is -0.469. The van der Waals surface area contributed by atoms with Crippen LogP contribution in [0, 0.1) is 6.92 Å². The van der Waals surface area contributed by atoms with Crippen molar-refractivity contribution in [2.45, 2.75) is 19.9 Å². The summed E-state index contributed by atoms with van der Waals surface area (Å²) in [7, 11) is 1.34. The molecule has 0 saturated heterocycles. The van der Waals surface area contributed by atoms with Crippen molar-refractivity contribution < 1.29 is 9.53 Å². The summed E-state index contributed by atoms with van der Waals surface area (Å²) in [5, 5.41) is 6.05. The van der Waals surface area contributed by atoms with E-state index in [-0.39, 0.29) is 6.04 Å². The van der Waals surface area contributed by atoms with Crippen LogP contribution in [-0.2, 0) is 4.74 Å². The number of nitrogens with one attached hydrogen (secondary N) is 2. The van der Waals surface area contributed by atoms with E-state index < -0.39 is 6.09 Å². The fraction of sp³-hybridized carbons (Fsp3) is 0.235. The third-order valence-electron chi connectivity index (χ3n) is 3.28. The van der Waals surface area contributed by atoms with Crippen molar-refractivity contribution in [1.29, 1.82) is 0 Å². The predicted molar refractivity (Wildman–Crippen MR) is 85.7 cm³/mol. The second-order valence-corrected chi connectivity index (χ2v) is 4.97. The van der Waals surface area contributed by atoms with E-state index in [1.54, 1.807) is 0 Å². The van der Waals surface area contributed by atoms with Gasteiger partial charge >= 0.3 is 6.09 Å². The van der Waals surface area contributed by atoms with E-state index in [1.165, 1.54) is 18.2 Å². The van der Waals surface area contributed by atoms with Crippen LogP contribution in [0.15, 0.2) is 48.5 Å². The van der Waals surface area contributed by atoms with Crippen molar-refractivity contribution in [3.8, 4) is 0 Å². The Morgan fingerprint density at radius 1 is 1.00 bits per heavy atom. The van der Waals surface area contributed by atoms with Crippen molar-refractivity contribution in [1.82, 2.24) is 0 Å². The lowest BCUT2D eigenvalue weighted by atomic mass is 10.1. The van der Waals surface area contributed by atoms with Gasteiger partial charge in [-0.2, -0.15) is 0 Å². The number of benzene rings is 2. The standard InChI is InChI=1S/C17H20N2O2/c1-12-4-6-14(7-5-12)13(2)18-15-8-10-16(11-9-15)19-17(20)21-3/h4-11,13,18H,1-3H3,(H,19,20). The molecular weight excluding hydrogens is 264 g/mol. The lowest BCUT2D eigenvalue weighted by Crippen LogP contribution is -2.11. The quantitative estimate of drug-likeness (QED) is 0.877. The number of aryl methyl sites for hydroxylation is 1. The van der Waals surface area contributed by atoms with E-state index in [9.17, 15) is 4.79 Å². The van der Waals surface area contributed by atoms with Crippen LogP contribution in [0.2, 0.25) is 0 Å². The second-order valence-electron chi connectivity index (χ2n) is 4.97. The van der Waals surface area contributed by atoms with E-state index in [0.29, 0.717) is 5.69 Å². The van der Waals surface area contributed by atoms with E-state index in [2.05, 4.69) is 53.5 Å². The van der Waals surface area contributed by atoms with Crippen LogP contribution in [0.5, 0.6) is 0 Å². The maximum absolute atomic E-state index is 11.1. The Kier molecular flexibility index (Phi) is 4.82. The maximum atomic E-state index is 11.1. The zero-order valence-corrected chi connectivity index (χ0v) is 12.5. The fourth-order valence-electron chi connectivity index (χ4n) is 2.01. The van der Waals surface area contributed by atoms with Gasteiger partial charge < -0.3 is 10.1 Å². The molecule has 0 aromatic heterocycles. The first-order valence-corrected chi connectivity index (χ1v) is 6.86. The molecule has 0 aliphatic heterocycles. The number of rotatable bonds is 4. The molecule has 1 amide bonds. The van der Waals surface area contributed by atoms with Crippen molar-refractivity contribution in [3.63, 3.8) is 0 Å². The predicted octanol–water partition coefficient (Wildman–Crippen LogP) is 4.35. The van der Waals surface area contributed by atoms with Crippen LogP contribution in [-0.4, -0.2) is 13.2 Å². The molecular formula is C17H20N2O2. The van der Waals surface area contributed by atoms with Crippen LogP contribution in [0.1, 0.15) is 24.1 Å². The molecule has 1 unspecified atom stereocenters. The molecule has 0 bridgehead atoms. The van der Waals surface area contributed by atoms with E-state index in [0.717, 1.165) is 5.69 Å². The Morgan fingerprint density at radius 3 is 2.14 bits per heavy atom. The Balaban J connectivity index is 1.99. The molecule has 2 aromatic carbocycles. The molecule has 0 spiro atoms. The normalized spacial score (nSPS) is 11.6. The molecule has 110 valence electrons. The third kappa shape index (κ3) is 4.24. The van der Waals surface area contributed by atoms with Gasteiger partial charge in [-0.1, -0.05) is 29.8 Å². The largest absolute Gasteiger partial charge is 0.453 e. The minimum Gasteiger partial charge on any atom is -0.453 e. The van der Waals surface area contributed by atoms with Crippen molar-refractivity contribution in [2.24, 2.45) is 0 Å². The van der Waals surface area contributed by atoms with Crippen molar-refractivity contribution in [3.05, 3.63) is 59.7 Å². The molecule has 21 heavy (non-hydrogen) atoms. The van der Waals surface area contributed by atoms with Gasteiger partial charge in [-0.25, -0.2) is 4.79 Å². The molecule has 1 atom stereocenters. The van der Waals surface area contributed by atoms with E-state index in [1.807, 2.05) is 24.3 Å². The van der Waals surface area contributed by atoms with Crippen molar-refractivity contribution >= 4 is 17.5 Å². The number of amides is 1. The molecule has 0 saturated carbocycles. The monoisotopic (exact) mass is 284 g/mol. The molecule has 4 heteroatoms. The highest BCUT2D eigenvalue weighted by Crippen LogP contribution is 2.21. The molecule has 0 aliphatic rings. The summed E-state index contributed by atoms with van der Waals surface area (Å²) in [5.74, 6) is 0. The first kappa shape index (κ1) is 14.9. The Bertz CT molecular complexity index is 591. The molecule has 2 aromatic rings. The van der Waals surface area contributed by atoms with Crippen LogP contribution in [0.25, 0.3) is 0 Å². The molecule has 4 nitrogen and oxygen atoms in total. The highest BCUT2D eigenvalue weighted by molar-refractivity contribution is 5.84. The highest BCUT2D eigenvalue weighted by Gasteiger charge is 2.05. The van der Waals surface area contributed by atoms with Crippen LogP contribution < -0.4 is 10.6 Å². The lowest BCUT2D eigenvalue weighted by Gasteiger charge is -2.16. The van der Waals surface area contributed by atoms with Gasteiger partial charge in [0.1, 0.15) is 0 Å². The molecule has 2 N–H and O–H groups in total. The molecule has 2 rings (SSSR count). The lowest BCUT2D eigenvalue weighted by molar-refractivity contribution is 0.187. The zero-order valence-electron chi connectivity index (χ0n) is 12.5. The van der Waals surface area contributed by atoms with Gasteiger partial charge in [0.15, 0.2) is 0 Å². The van der Waals surface area contributed by atoms with E-state index >= 15 is 0 Å². The fourth-order valence-corrected chi connectivity index (χ4v) is 2.01. The molecule has 0 heterocycles. The first-order chi connectivity index (χ1) is 10.1. The van der Waals surface area contributed by atoms with Gasteiger partial charge in [-0.15, -0.1) is 0 Å². The van der Waals surface area contributed by atoms with Gasteiger partial charge in [0.2, 0.25) is 0 Å².